The van der Waals surface area contributed by atoms with Gasteiger partial charge in [0.15, 0.2) is 0 Å². The van der Waals surface area contributed by atoms with Crippen LogP contribution in [0.5, 0.6) is 0 Å². The van der Waals surface area contributed by atoms with Crippen LogP contribution < -0.4 is 0 Å². The lowest BCUT2D eigenvalue weighted by molar-refractivity contribution is 0.375. The summed E-state index contributed by atoms with van der Waals surface area (Å²) < 4.78 is 4.76. The Morgan fingerprint density at radius 1 is 1.62 bits per heavy atom. The summed E-state index contributed by atoms with van der Waals surface area (Å²) in [6, 6.07) is 0. The highest BCUT2D eigenvalue weighted by atomic mass is 32.1. The molecule has 0 aromatic heterocycles. The second-order valence-corrected chi connectivity index (χ2v) is 1.90. The third-order valence-corrected chi connectivity index (χ3v) is 0.792. The Hall–Kier alpha value is -0.370. The topological polar surface area (TPSA) is 9.23 Å². The molecule has 0 saturated heterocycles. The summed E-state index contributed by atoms with van der Waals surface area (Å²) in [7, 11) is 0. The van der Waals surface area contributed by atoms with Crippen LogP contribution in [0, 0.1) is 0 Å². The molecule has 2 heteroatoms. The molecule has 0 fully saturated rings. The number of ether oxygens (including phenoxy) is 1. The lowest BCUT2D eigenvalue weighted by atomic mass is 10.3. The first-order chi connectivity index (χ1) is 3.77. The van der Waals surface area contributed by atoms with Gasteiger partial charge in [-0.1, -0.05) is 5.57 Å². The maximum absolute atomic E-state index is 4.76. The summed E-state index contributed by atoms with van der Waals surface area (Å²) in [5, 5.41) is 0. The zero-order chi connectivity index (χ0) is 6.41. The first-order valence-electron chi connectivity index (χ1n) is 2.46. The van der Waals surface area contributed by atoms with Crippen molar-refractivity contribution in [2.24, 2.45) is 0 Å². The molecule has 0 bridgehead atoms. The predicted molar refractivity (Wildman–Crippen MR) is 39.0 cm³/mol. The van der Waals surface area contributed by atoms with Crippen LogP contribution in [0.4, 0.5) is 0 Å². The molecule has 0 spiro atoms. The van der Waals surface area contributed by atoms with Gasteiger partial charge in [-0.25, -0.2) is 0 Å². The SMILES string of the molecule is CC(C)=CCOC=S. The molecule has 0 aromatic carbocycles. The molecule has 0 N–H and O–H groups in total. The number of allylic oxidation sites excluding steroid dienone is 1. The number of hydrogen-bond donors (Lipinski definition) is 0. The Bertz CT molecular complexity index is 92.7. The van der Waals surface area contributed by atoms with Gasteiger partial charge in [-0.2, -0.15) is 0 Å². The molecule has 0 aromatic rings. The standard InChI is InChI=1S/C6H10OS/c1-6(2)3-4-7-5-8/h3,5H,4H2,1-2H3. The van der Waals surface area contributed by atoms with E-state index in [1.54, 1.807) is 0 Å². The van der Waals surface area contributed by atoms with Crippen LogP contribution in [0.25, 0.3) is 0 Å². The van der Waals surface area contributed by atoms with E-state index in [4.69, 9.17) is 4.74 Å². The largest absolute Gasteiger partial charge is 0.486 e. The van der Waals surface area contributed by atoms with E-state index in [9.17, 15) is 0 Å². The number of rotatable bonds is 3. The summed E-state index contributed by atoms with van der Waals surface area (Å²) in [6.45, 7) is 4.64. The molecule has 0 aliphatic rings. The fourth-order valence-electron chi connectivity index (χ4n) is 0.254. The Balaban J connectivity index is 3.15. The van der Waals surface area contributed by atoms with Crippen LogP contribution in [0.3, 0.4) is 0 Å². The van der Waals surface area contributed by atoms with Gasteiger partial charge in [-0.3, -0.25) is 0 Å². The van der Waals surface area contributed by atoms with E-state index in [2.05, 4.69) is 12.2 Å². The van der Waals surface area contributed by atoms with E-state index in [1.807, 2.05) is 19.9 Å². The van der Waals surface area contributed by atoms with Gasteiger partial charge in [-0.05, 0) is 32.1 Å². The zero-order valence-corrected chi connectivity index (χ0v) is 5.99. The lowest BCUT2D eigenvalue weighted by Gasteiger charge is -1.90. The van der Waals surface area contributed by atoms with Crippen LogP contribution in [-0.2, 0) is 4.74 Å². The fraction of sp³-hybridized carbons (Fsp3) is 0.500. The summed E-state index contributed by atoms with van der Waals surface area (Å²) in [4.78, 5) is 0. The molecule has 0 saturated carbocycles. The molecule has 0 atom stereocenters. The fourth-order valence-corrected chi connectivity index (χ4v) is 0.333. The van der Waals surface area contributed by atoms with Gasteiger partial charge in [0, 0.05) is 0 Å². The van der Waals surface area contributed by atoms with Gasteiger partial charge in [0.2, 0.25) is 0 Å². The summed E-state index contributed by atoms with van der Waals surface area (Å²) in [6.07, 6.45) is 1.98. The highest BCUT2D eigenvalue weighted by Gasteiger charge is 1.74. The van der Waals surface area contributed by atoms with Gasteiger partial charge in [0.05, 0.1) is 0 Å². The van der Waals surface area contributed by atoms with Gasteiger partial charge < -0.3 is 4.74 Å². The van der Waals surface area contributed by atoms with Gasteiger partial charge in [0.25, 0.3) is 0 Å². The van der Waals surface area contributed by atoms with Crippen molar-refractivity contribution in [3.05, 3.63) is 11.6 Å². The Kier molecular flexibility index (Phi) is 4.56. The summed E-state index contributed by atoms with van der Waals surface area (Å²) >= 11 is 4.43. The van der Waals surface area contributed by atoms with Crippen LogP contribution in [-0.4, -0.2) is 12.2 Å². The molecule has 0 heterocycles. The number of thiocarbonyl (C=S) groups is 1. The molecule has 1 nitrogen and oxygen atoms in total. The van der Waals surface area contributed by atoms with Crippen molar-refractivity contribution in [1.29, 1.82) is 0 Å². The van der Waals surface area contributed by atoms with Crippen LogP contribution >= 0.6 is 12.2 Å². The van der Waals surface area contributed by atoms with E-state index in [0.29, 0.717) is 6.61 Å². The van der Waals surface area contributed by atoms with Crippen LogP contribution in [0.15, 0.2) is 11.6 Å². The molecule has 46 valence electrons. The van der Waals surface area contributed by atoms with Crippen molar-refractivity contribution in [1.82, 2.24) is 0 Å². The molecule has 0 unspecified atom stereocenters. The minimum atomic E-state index is 0.603. The second-order valence-electron chi connectivity index (χ2n) is 1.71. The van der Waals surface area contributed by atoms with Crippen molar-refractivity contribution in [3.63, 3.8) is 0 Å². The average molecular weight is 130 g/mol. The second kappa shape index (κ2) is 4.78. The van der Waals surface area contributed by atoms with Gasteiger partial charge >= 0.3 is 0 Å². The van der Waals surface area contributed by atoms with Gasteiger partial charge in [0.1, 0.15) is 12.2 Å². The van der Waals surface area contributed by atoms with Crippen LogP contribution in [0.1, 0.15) is 13.8 Å². The highest BCUT2D eigenvalue weighted by Crippen LogP contribution is 1.86. The first kappa shape index (κ1) is 7.63. The quantitative estimate of drug-likeness (QED) is 0.328. The van der Waals surface area contributed by atoms with Crippen molar-refractivity contribution >= 4 is 17.8 Å². The summed E-state index contributed by atoms with van der Waals surface area (Å²) in [5.74, 6) is 0. The van der Waals surface area contributed by atoms with Crippen molar-refractivity contribution in [3.8, 4) is 0 Å². The minimum absolute atomic E-state index is 0.603. The molecule has 0 radical (unpaired) electrons. The third-order valence-electron chi connectivity index (χ3n) is 0.656. The van der Waals surface area contributed by atoms with Crippen LogP contribution in [0.2, 0.25) is 0 Å². The van der Waals surface area contributed by atoms with Crippen molar-refractivity contribution in [2.45, 2.75) is 13.8 Å². The smallest absolute Gasteiger partial charge is 0.146 e. The molecule has 0 amide bonds. The van der Waals surface area contributed by atoms with Crippen molar-refractivity contribution in [2.75, 3.05) is 6.61 Å². The molecule has 0 aliphatic carbocycles. The normalized spacial score (nSPS) is 7.75. The van der Waals surface area contributed by atoms with Crippen molar-refractivity contribution < 1.29 is 4.74 Å². The zero-order valence-electron chi connectivity index (χ0n) is 5.18. The molecule has 0 aliphatic heterocycles. The van der Waals surface area contributed by atoms with E-state index in [0.717, 1.165) is 0 Å². The Morgan fingerprint density at radius 3 is 2.62 bits per heavy atom. The van der Waals surface area contributed by atoms with E-state index < -0.39 is 0 Å². The number of hydrogen-bond acceptors (Lipinski definition) is 2. The first-order valence-corrected chi connectivity index (χ1v) is 2.93. The maximum atomic E-state index is 4.76. The summed E-state index contributed by atoms with van der Waals surface area (Å²) in [5.41, 5.74) is 2.53. The molecule has 8 heavy (non-hydrogen) atoms. The molecule has 0 rings (SSSR count). The Morgan fingerprint density at radius 2 is 2.25 bits per heavy atom. The molecular formula is C6H10OS. The van der Waals surface area contributed by atoms with E-state index in [1.165, 1.54) is 11.1 Å². The Labute approximate surface area is 55.3 Å². The molecular weight excluding hydrogens is 120 g/mol. The monoisotopic (exact) mass is 130 g/mol. The predicted octanol–water partition coefficient (Wildman–Crippen LogP) is 1.93. The minimum Gasteiger partial charge on any atom is -0.486 e. The average Bonchev–Trinajstić information content (AvgIpc) is 1.66. The van der Waals surface area contributed by atoms with E-state index in [-0.39, 0.29) is 0 Å². The maximum Gasteiger partial charge on any atom is 0.146 e. The highest BCUT2D eigenvalue weighted by molar-refractivity contribution is 7.78. The lowest BCUT2D eigenvalue weighted by Crippen LogP contribution is -1.84. The van der Waals surface area contributed by atoms with E-state index >= 15 is 0 Å². The third kappa shape index (κ3) is 5.63. The van der Waals surface area contributed by atoms with Gasteiger partial charge in [-0.15, -0.1) is 0 Å².